The predicted octanol–water partition coefficient (Wildman–Crippen LogP) is 5.24. The van der Waals surface area contributed by atoms with Gasteiger partial charge in [-0.2, -0.15) is 0 Å². The molecule has 1 unspecified atom stereocenters. The van der Waals surface area contributed by atoms with Crippen LogP contribution >= 0.6 is 0 Å². The molecule has 4 nitrogen and oxygen atoms in total. The zero-order valence-electron chi connectivity index (χ0n) is 17.0. The number of cyclic esters (lactones) is 1. The van der Waals surface area contributed by atoms with Crippen molar-refractivity contribution in [2.45, 2.75) is 44.8 Å². The van der Waals surface area contributed by atoms with Crippen LogP contribution in [0, 0.1) is 5.82 Å². The average Bonchev–Trinajstić information content (AvgIpc) is 2.71. The van der Waals surface area contributed by atoms with E-state index < -0.39 is 18.2 Å². The number of hydrogen-bond acceptors (Lipinski definition) is 4. The van der Waals surface area contributed by atoms with Gasteiger partial charge >= 0.3 is 5.97 Å². The van der Waals surface area contributed by atoms with E-state index in [0.29, 0.717) is 6.42 Å². The number of carbonyl (C=O) groups excluding carboxylic acids is 1. The van der Waals surface area contributed by atoms with Gasteiger partial charge in [-0.1, -0.05) is 50.3 Å². The summed E-state index contributed by atoms with van der Waals surface area (Å²) < 4.78 is 19.0. The number of benzene rings is 2. The molecule has 1 N–H and O–H groups in total. The molecule has 0 bridgehead atoms. The van der Waals surface area contributed by atoms with Gasteiger partial charge < -0.3 is 9.84 Å². The number of esters is 1. The molecule has 0 aliphatic carbocycles. The predicted molar refractivity (Wildman–Crippen MR) is 115 cm³/mol. The molecule has 0 radical (unpaired) electrons. The number of para-hydroxylation sites is 1. The Kier molecular flexibility index (Phi) is 5.64. The molecule has 5 heteroatoms. The first-order valence-electron chi connectivity index (χ1n) is 10.2. The van der Waals surface area contributed by atoms with Crippen LogP contribution in [0.3, 0.4) is 0 Å². The van der Waals surface area contributed by atoms with E-state index in [4.69, 9.17) is 9.72 Å². The van der Waals surface area contributed by atoms with Crippen LogP contribution in [0.25, 0.3) is 28.1 Å². The van der Waals surface area contributed by atoms with Crippen LogP contribution < -0.4 is 0 Å². The highest BCUT2D eigenvalue weighted by molar-refractivity contribution is 5.99. The van der Waals surface area contributed by atoms with E-state index in [9.17, 15) is 14.3 Å². The Hall–Kier alpha value is -3.05. The number of carbonyl (C=O) groups is 1. The SMILES string of the molecule is CC(C)c1nc2ccccc2c(-c2ccc(F)cc2)c1/C=C/[C@@H]1CC(O)CC(=O)O1. The van der Waals surface area contributed by atoms with Gasteiger partial charge in [0.15, 0.2) is 0 Å². The van der Waals surface area contributed by atoms with E-state index in [1.807, 2.05) is 36.4 Å². The van der Waals surface area contributed by atoms with Gasteiger partial charge in [0.25, 0.3) is 0 Å². The third kappa shape index (κ3) is 4.12. The largest absolute Gasteiger partial charge is 0.458 e. The highest BCUT2D eigenvalue weighted by Gasteiger charge is 2.26. The van der Waals surface area contributed by atoms with Crippen molar-refractivity contribution in [2.24, 2.45) is 0 Å². The Bertz CT molecular complexity index is 1110. The maximum absolute atomic E-state index is 13.6. The summed E-state index contributed by atoms with van der Waals surface area (Å²) in [5, 5.41) is 10.9. The fourth-order valence-corrected chi connectivity index (χ4v) is 3.91. The zero-order chi connectivity index (χ0) is 21.3. The zero-order valence-corrected chi connectivity index (χ0v) is 17.0. The molecular formula is C25H24FNO3. The number of nitrogens with zero attached hydrogens (tertiary/aromatic N) is 1. The van der Waals surface area contributed by atoms with E-state index in [1.54, 1.807) is 12.1 Å². The number of halogens is 1. The highest BCUT2D eigenvalue weighted by atomic mass is 19.1. The van der Waals surface area contributed by atoms with Crippen LogP contribution in [0.4, 0.5) is 4.39 Å². The number of ether oxygens (including phenoxy) is 1. The smallest absolute Gasteiger partial charge is 0.309 e. The lowest BCUT2D eigenvalue weighted by molar-refractivity contribution is -0.156. The summed E-state index contributed by atoms with van der Waals surface area (Å²) in [4.78, 5) is 16.6. The van der Waals surface area contributed by atoms with Gasteiger partial charge in [-0.15, -0.1) is 0 Å². The molecule has 1 aliphatic rings. The average molecular weight is 405 g/mol. The van der Waals surface area contributed by atoms with Gasteiger partial charge in [0.1, 0.15) is 11.9 Å². The number of pyridine rings is 1. The topological polar surface area (TPSA) is 59.4 Å². The van der Waals surface area contributed by atoms with Crippen molar-refractivity contribution in [1.29, 1.82) is 0 Å². The van der Waals surface area contributed by atoms with Crippen molar-refractivity contribution in [2.75, 3.05) is 0 Å². The summed E-state index contributed by atoms with van der Waals surface area (Å²) >= 11 is 0. The van der Waals surface area contributed by atoms with Crippen molar-refractivity contribution in [3.05, 3.63) is 71.7 Å². The van der Waals surface area contributed by atoms with Gasteiger partial charge in [0.2, 0.25) is 0 Å². The minimum Gasteiger partial charge on any atom is -0.458 e. The molecule has 3 aromatic rings. The van der Waals surface area contributed by atoms with E-state index in [0.717, 1.165) is 33.3 Å². The monoisotopic (exact) mass is 405 g/mol. The lowest BCUT2D eigenvalue weighted by Gasteiger charge is -2.24. The Morgan fingerprint density at radius 1 is 1.17 bits per heavy atom. The van der Waals surface area contributed by atoms with Crippen LogP contribution in [0.2, 0.25) is 0 Å². The summed E-state index contributed by atoms with van der Waals surface area (Å²) in [6.45, 7) is 4.15. The minimum absolute atomic E-state index is 0.0277. The minimum atomic E-state index is -0.697. The molecule has 4 rings (SSSR count). The number of rotatable bonds is 4. The Morgan fingerprint density at radius 3 is 2.60 bits per heavy atom. The van der Waals surface area contributed by atoms with Crippen LogP contribution in [0.15, 0.2) is 54.6 Å². The van der Waals surface area contributed by atoms with Crippen molar-refractivity contribution < 1.29 is 19.0 Å². The summed E-state index contributed by atoms with van der Waals surface area (Å²) in [5.74, 6) is -0.544. The molecule has 2 atom stereocenters. The van der Waals surface area contributed by atoms with Gasteiger partial charge in [-0.05, 0) is 35.8 Å². The maximum Gasteiger partial charge on any atom is 0.309 e. The summed E-state index contributed by atoms with van der Waals surface area (Å²) in [6.07, 6.45) is 2.94. The molecule has 0 saturated carbocycles. The second-order valence-corrected chi connectivity index (χ2v) is 7.95. The summed E-state index contributed by atoms with van der Waals surface area (Å²) in [5.41, 5.74) is 4.54. The second kappa shape index (κ2) is 8.36. The lowest BCUT2D eigenvalue weighted by atomic mass is 9.90. The molecule has 1 aliphatic heterocycles. The molecular weight excluding hydrogens is 381 g/mol. The Labute approximate surface area is 175 Å². The van der Waals surface area contributed by atoms with Gasteiger partial charge in [0, 0.05) is 22.9 Å². The van der Waals surface area contributed by atoms with Gasteiger partial charge in [0.05, 0.1) is 23.7 Å². The number of aliphatic hydroxyl groups excluding tert-OH is 1. The van der Waals surface area contributed by atoms with Gasteiger partial charge in [-0.3, -0.25) is 9.78 Å². The Balaban J connectivity index is 1.91. The fraction of sp³-hybridized carbons (Fsp3) is 0.280. The van der Waals surface area contributed by atoms with Crippen LogP contribution in [-0.2, 0) is 9.53 Å². The van der Waals surface area contributed by atoms with Crippen molar-refractivity contribution >= 4 is 22.9 Å². The molecule has 1 saturated heterocycles. The standard InChI is InChI=1S/C25H24FNO3/c1-15(2)25-21(12-11-19-13-18(28)14-23(29)30-19)24(16-7-9-17(26)10-8-16)20-5-3-4-6-22(20)27-25/h3-12,15,18-19,28H,13-14H2,1-2H3/b12-11+/t18?,19-/m1/s1. The van der Waals surface area contributed by atoms with E-state index in [1.165, 1.54) is 12.1 Å². The number of aliphatic hydroxyl groups is 1. The quantitative estimate of drug-likeness (QED) is 0.603. The third-order valence-corrected chi connectivity index (χ3v) is 5.31. The van der Waals surface area contributed by atoms with Crippen molar-refractivity contribution in [1.82, 2.24) is 4.98 Å². The molecule has 1 aromatic heterocycles. The van der Waals surface area contributed by atoms with E-state index >= 15 is 0 Å². The third-order valence-electron chi connectivity index (χ3n) is 5.31. The highest BCUT2D eigenvalue weighted by Crippen LogP contribution is 2.36. The maximum atomic E-state index is 13.6. The van der Waals surface area contributed by atoms with Crippen molar-refractivity contribution in [3.63, 3.8) is 0 Å². The molecule has 0 amide bonds. The van der Waals surface area contributed by atoms with E-state index in [-0.39, 0.29) is 18.2 Å². The molecule has 154 valence electrons. The van der Waals surface area contributed by atoms with Crippen LogP contribution in [-0.4, -0.2) is 28.3 Å². The number of hydrogen-bond donors (Lipinski definition) is 1. The number of aromatic nitrogens is 1. The normalized spacial score (nSPS) is 19.6. The van der Waals surface area contributed by atoms with Crippen LogP contribution in [0.1, 0.15) is 43.9 Å². The first kappa shape index (κ1) is 20.2. The first-order valence-corrected chi connectivity index (χ1v) is 10.2. The molecule has 30 heavy (non-hydrogen) atoms. The summed E-state index contributed by atoms with van der Waals surface area (Å²) in [7, 11) is 0. The summed E-state index contributed by atoms with van der Waals surface area (Å²) in [6, 6.07) is 14.3. The van der Waals surface area contributed by atoms with Gasteiger partial charge in [-0.25, -0.2) is 4.39 Å². The number of fused-ring (bicyclic) bond motifs is 1. The lowest BCUT2D eigenvalue weighted by Crippen LogP contribution is -2.31. The molecule has 1 fully saturated rings. The van der Waals surface area contributed by atoms with Crippen molar-refractivity contribution in [3.8, 4) is 11.1 Å². The first-order chi connectivity index (χ1) is 14.4. The molecule has 0 spiro atoms. The van der Waals surface area contributed by atoms with E-state index in [2.05, 4.69) is 13.8 Å². The Morgan fingerprint density at radius 2 is 1.90 bits per heavy atom. The molecule has 2 aromatic carbocycles. The molecule has 2 heterocycles. The fourth-order valence-electron chi connectivity index (χ4n) is 3.91. The van der Waals surface area contributed by atoms with Crippen LogP contribution in [0.5, 0.6) is 0 Å². The second-order valence-electron chi connectivity index (χ2n) is 7.95.